The summed E-state index contributed by atoms with van der Waals surface area (Å²) in [5.41, 5.74) is 0.424. The Hall–Kier alpha value is -7.44. The number of hydrogen-bond donors (Lipinski definition) is 6. The average molecular weight is 963 g/mol. The van der Waals surface area contributed by atoms with Crippen LogP contribution >= 0.6 is 0 Å². The molecule has 2 heterocycles. The lowest BCUT2D eigenvalue weighted by Crippen LogP contribution is -2.53. The standard InChI is InChI=1S/C52H54F4N8O6/c1-27(2)23-40(59-47(65)28(3)57-5)51(69)63-26-33-24-31(19-20-36(33)46(63)49(67)61-43-37(53)17-12-18-38(43)54)34-21-22-39(55)44(41(34)56)62-50(68)45-35-16-11-10-15-32(35)25-64(45)52(70)42(30-13-8-7-9-14-30)60-48(66)29(4)58-6/h7-22,24,27-29,40,42,45-46,57-58H,23,25-26H2,1-6H3,(H,59,65)(H,60,66)(H,61,67)(H,62,68)/t28-,29-,40-,42-,45-,46-/m0/s1. The Morgan fingerprint density at radius 3 is 1.76 bits per heavy atom. The number of likely N-dealkylation sites (N-methyl/N-ethyl adjacent to an activating group) is 2. The molecule has 7 rings (SSSR count). The van der Waals surface area contributed by atoms with Crippen molar-refractivity contribution < 1.29 is 46.3 Å². The highest BCUT2D eigenvalue weighted by molar-refractivity contribution is 6.02. The van der Waals surface area contributed by atoms with Crippen LogP contribution in [-0.2, 0) is 41.9 Å². The van der Waals surface area contributed by atoms with Crippen LogP contribution in [-0.4, -0.2) is 77.5 Å². The molecule has 18 heteroatoms. The molecule has 0 bridgehead atoms. The van der Waals surface area contributed by atoms with Crippen molar-refractivity contribution in [3.8, 4) is 11.1 Å². The van der Waals surface area contributed by atoms with Crippen molar-refractivity contribution in [1.82, 2.24) is 31.1 Å². The van der Waals surface area contributed by atoms with Gasteiger partial charge in [0.15, 0.2) is 5.82 Å². The van der Waals surface area contributed by atoms with Gasteiger partial charge >= 0.3 is 0 Å². The molecular formula is C52H54F4N8O6. The third-order valence-electron chi connectivity index (χ3n) is 12.7. The van der Waals surface area contributed by atoms with Gasteiger partial charge in [-0.2, -0.15) is 0 Å². The smallest absolute Gasteiger partial charge is 0.252 e. The van der Waals surface area contributed by atoms with Crippen LogP contribution in [0.2, 0.25) is 0 Å². The topological polar surface area (TPSA) is 181 Å². The predicted octanol–water partition coefficient (Wildman–Crippen LogP) is 6.56. The van der Waals surface area contributed by atoms with Crippen LogP contribution in [0, 0.1) is 29.2 Å². The highest BCUT2D eigenvalue weighted by atomic mass is 19.1. The number of amides is 6. The Labute approximate surface area is 402 Å². The largest absolute Gasteiger partial charge is 0.343 e. The monoisotopic (exact) mass is 962 g/mol. The van der Waals surface area contributed by atoms with E-state index in [1.807, 2.05) is 13.8 Å². The molecule has 0 aliphatic carbocycles. The van der Waals surface area contributed by atoms with Crippen molar-refractivity contribution in [2.75, 3.05) is 24.7 Å². The summed E-state index contributed by atoms with van der Waals surface area (Å²) in [6, 6.07) is 18.1. The fourth-order valence-electron chi connectivity index (χ4n) is 8.69. The number of para-hydroxylation sites is 1. The molecule has 0 fully saturated rings. The number of nitrogens with zero attached hydrogens (tertiary/aromatic N) is 2. The van der Waals surface area contributed by atoms with E-state index < -0.39 is 106 Å². The average Bonchev–Trinajstić information content (AvgIpc) is 3.94. The second-order valence-electron chi connectivity index (χ2n) is 17.8. The van der Waals surface area contributed by atoms with E-state index in [2.05, 4.69) is 31.9 Å². The molecule has 5 aromatic rings. The Balaban J connectivity index is 1.22. The first-order valence-electron chi connectivity index (χ1n) is 22.8. The minimum Gasteiger partial charge on any atom is -0.343 e. The highest BCUT2D eigenvalue weighted by Crippen LogP contribution is 2.41. The van der Waals surface area contributed by atoms with Gasteiger partial charge in [0, 0.05) is 18.7 Å². The molecule has 0 aromatic heterocycles. The number of benzene rings is 5. The lowest BCUT2D eigenvalue weighted by atomic mass is 9.96. The van der Waals surface area contributed by atoms with Gasteiger partial charge in [0.05, 0.1) is 12.1 Å². The van der Waals surface area contributed by atoms with E-state index in [0.29, 0.717) is 22.3 Å². The van der Waals surface area contributed by atoms with Gasteiger partial charge in [0.25, 0.3) is 17.7 Å². The molecule has 2 aliphatic rings. The Bertz CT molecular complexity index is 2810. The van der Waals surface area contributed by atoms with Gasteiger partial charge in [-0.25, -0.2) is 17.6 Å². The number of rotatable bonds is 16. The van der Waals surface area contributed by atoms with Gasteiger partial charge in [-0.05, 0) is 104 Å². The number of carbonyl (C=O) groups excluding carboxylic acids is 6. The molecule has 0 saturated carbocycles. The van der Waals surface area contributed by atoms with E-state index in [-0.39, 0.29) is 42.1 Å². The summed E-state index contributed by atoms with van der Waals surface area (Å²) in [4.78, 5) is 86.4. The number of fused-ring (bicyclic) bond motifs is 2. The lowest BCUT2D eigenvalue weighted by Gasteiger charge is -2.30. The molecule has 6 N–H and O–H groups in total. The molecule has 2 aliphatic heterocycles. The first-order valence-corrected chi connectivity index (χ1v) is 22.8. The second-order valence-corrected chi connectivity index (χ2v) is 17.8. The molecule has 0 radical (unpaired) electrons. The van der Waals surface area contributed by atoms with Crippen molar-refractivity contribution in [1.29, 1.82) is 0 Å². The minimum absolute atomic E-state index is 0.0541. The van der Waals surface area contributed by atoms with Gasteiger partial charge in [-0.15, -0.1) is 0 Å². The van der Waals surface area contributed by atoms with E-state index >= 15 is 8.78 Å². The van der Waals surface area contributed by atoms with E-state index in [9.17, 15) is 37.5 Å². The molecule has 14 nitrogen and oxygen atoms in total. The molecule has 6 amide bonds. The lowest BCUT2D eigenvalue weighted by molar-refractivity contribution is -0.142. The van der Waals surface area contributed by atoms with Crippen molar-refractivity contribution in [2.24, 2.45) is 5.92 Å². The van der Waals surface area contributed by atoms with Crippen molar-refractivity contribution >= 4 is 46.8 Å². The zero-order chi connectivity index (χ0) is 50.6. The summed E-state index contributed by atoms with van der Waals surface area (Å²) in [5.74, 6) is -8.71. The summed E-state index contributed by atoms with van der Waals surface area (Å²) < 4.78 is 62.5. The molecule has 366 valence electrons. The zero-order valence-corrected chi connectivity index (χ0v) is 39.3. The van der Waals surface area contributed by atoms with Crippen molar-refractivity contribution in [3.63, 3.8) is 0 Å². The SMILES string of the molecule is CN[C@@H](C)C(=O)N[C@@H](CC(C)C)C(=O)N1Cc2cc(-c3ccc(F)c(NC(=O)[C@@H]4c5ccccc5CN4C(=O)[C@@H](NC(=O)[C@H](C)NC)c4ccccc4)c3F)ccc2[C@H]1C(=O)Nc1c(F)cccc1F. The second kappa shape index (κ2) is 21.5. The van der Waals surface area contributed by atoms with E-state index in [1.54, 1.807) is 82.5 Å². The molecule has 70 heavy (non-hydrogen) atoms. The molecular weight excluding hydrogens is 909 g/mol. The van der Waals surface area contributed by atoms with Gasteiger partial charge in [-0.3, -0.25) is 28.8 Å². The van der Waals surface area contributed by atoms with Crippen molar-refractivity contribution in [2.45, 2.75) is 83.5 Å². The number of anilines is 2. The summed E-state index contributed by atoms with van der Waals surface area (Å²) in [5, 5.41) is 15.9. The first-order chi connectivity index (χ1) is 33.4. The van der Waals surface area contributed by atoms with Crippen LogP contribution < -0.4 is 31.9 Å². The third kappa shape index (κ3) is 10.4. The van der Waals surface area contributed by atoms with Crippen LogP contribution in [0.3, 0.4) is 0 Å². The molecule has 0 unspecified atom stereocenters. The normalized spacial score (nSPS) is 16.7. The van der Waals surface area contributed by atoms with Gasteiger partial charge in [0.2, 0.25) is 17.7 Å². The van der Waals surface area contributed by atoms with Crippen LogP contribution in [0.15, 0.2) is 103 Å². The maximum atomic E-state index is 16.9. The summed E-state index contributed by atoms with van der Waals surface area (Å²) in [7, 11) is 3.17. The summed E-state index contributed by atoms with van der Waals surface area (Å²) >= 11 is 0. The maximum Gasteiger partial charge on any atom is 0.252 e. The van der Waals surface area contributed by atoms with Gasteiger partial charge in [-0.1, -0.05) is 86.6 Å². The Morgan fingerprint density at radius 1 is 0.586 bits per heavy atom. The van der Waals surface area contributed by atoms with Crippen LogP contribution in [0.25, 0.3) is 11.1 Å². The first kappa shape index (κ1) is 50.4. The number of halogens is 4. The van der Waals surface area contributed by atoms with Crippen LogP contribution in [0.4, 0.5) is 28.9 Å². The quantitative estimate of drug-likeness (QED) is 0.0602. The molecule has 6 atom stereocenters. The van der Waals surface area contributed by atoms with Gasteiger partial charge in [0.1, 0.15) is 53.0 Å². The third-order valence-corrected chi connectivity index (χ3v) is 12.7. The fourth-order valence-corrected chi connectivity index (χ4v) is 8.69. The molecule has 5 aromatic carbocycles. The van der Waals surface area contributed by atoms with Crippen LogP contribution in [0.1, 0.15) is 80.1 Å². The number of carbonyl (C=O) groups is 6. The molecule has 0 saturated heterocycles. The van der Waals surface area contributed by atoms with Crippen molar-refractivity contribution in [3.05, 3.63) is 154 Å². The van der Waals surface area contributed by atoms with E-state index in [0.717, 1.165) is 30.3 Å². The number of nitrogens with one attached hydrogen (secondary N) is 6. The molecule has 0 spiro atoms. The minimum atomic E-state index is -1.47. The zero-order valence-electron chi connectivity index (χ0n) is 39.3. The fraction of sp³-hybridized carbons (Fsp3) is 0.308. The maximum absolute atomic E-state index is 16.9. The van der Waals surface area contributed by atoms with Crippen LogP contribution in [0.5, 0.6) is 0 Å². The van der Waals surface area contributed by atoms with Gasteiger partial charge < -0.3 is 41.7 Å². The summed E-state index contributed by atoms with van der Waals surface area (Å²) in [6.45, 7) is 6.59. The van der Waals surface area contributed by atoms with E-state index in [4.69, 9.17) is 0 Å². The summed E-state index contributed by atoms with van der Waals surface area (Å²) in [6.07, 6.45) is 0.170. The Kier molecular flexibility index (Phi) is 15.5. The predicted molar refractivity (Wildman–Crippen MR) is 254 cm³/mol. The number of hydrogen-bond acceptors (Lipinski definition) is 8. The van der Waals surface area contributed by atoms with E-state index in [1.165, 1.54) is 28.0 Å². The Morgan fingerprint density at radius 2 is 1.13 bits per heavy atom. The highest BCUT2D eigenvalue weighted by Gasteiger charge is 2.44.